The largest absolute Gasteiger partial charge is 0.348 e. The quantitative estimate of drug-likeness (QED) is 0.705. The fourth-order valence-electron chi connectivity index (χ4n) is 2.94. The fraction of sp³-hybridized carbons (Fsp3) is 0.286. The number of carbonyl (C=O) groups excluding carboxylic acids is 1. The Hall–Kier alpha value is -2.99. The second-order valence-corrected chi connectivity index (χ2v) is 6.76. The van der Waals surface area contributed by atoms with Gasteiger partial charge in [-0.2, -0.15) is 0 Å². The smallest absolute Gasteiger partial charge is 0.258 e. The Labute approximate surface area is 158 Å². The van der Waals surface area contributed by atoms with Crippen molar-refractivity contribution in [2.24, 2.45) is 0 Å². The molecule has 0 unspecified atom stereocenters. The summed E-state index contributed by atoms with van der Waals surface area (Å²) in [5.41, 5.74) is 1.54. The molecule has 27 heavy (non-hydrogen) atoms. The van der Waals surface area contributed by atoms with Gasteiger partial charge in [0.15, 0.2) is 0 Å². The van der Waals surface area contributed by atoms with Gasteiger partial charge < -0.3 is 10.3 Å². The van der Waals surface area contributed by atoms with Crippen LogP contribution in [0.5, 0.6) is 0 Å². The minimum absolute atomic E-state index is 0.0722. The van der Waals surface area contributed by atoms with E-state index in [9.17, 15) is 9.59 Å². The van der Waals surface area contributed by atoms with Gasteiger partial charge >= 0.3 is 0 Å². The molecule has 0 bridgehead atoms. The Balaban J connectivity index is 1.67. The van der Waals surface area contributed by atoms with Crippen molar-refractivity contribution in [3.8, 4) is 0 Å². The first kappa shape index (κ1) is 18.8. The van der Waals surface area contributed by atoms with E-state index in [0.717, 1.165) is 5.56 Å². The highest BCUT2D eigenvalue weighted by molar-refractivity contribution is 5.81. The summed E-state index contributed by atoms with van der Waals surface area (Å²) >= 11 is 0. The number of rotatable bonds is 6. The van der Waals surface area contributed by atoms with Gasteiger partial charge in [0.25, 0.3) is 5.56 Å². The van der Waals surface area contributed by atoms with Crippen LogP contribution in [-0.2, 0) is 11.3 Å². The molecule has 2 N–H and O–H groups in total. The number of amides is 1. The van der Waals surface area contributed by atoms with Crippen LogP contribution in [0, 0.1) is 0 Å². The van der Waals surface area contributed by atoms with Crippen LogP contribution in [0.3, 0.4) is 0 Å². The van der Waals surface area contributed by atoms with Crippen LogP contribution in [0.15, 0.2) is 59.4 Å². The lowest BCUT2D eigenvalue weighted by Crippen LogP contribution is -2.44. The number of nitrogens with zero attached hydrogens (tertiary/aromatic N) is 2. The van der Waals surface area contributed by atoms with Gasteiger partial charge in [0.2, 0.25) is 5.91 Å². The van der Waals surface area contributed by atoms with E-state index >= 15 is 0 Å². The maximum atomic E-state index is 12.6. The number of H-pyrrole nitrogens is 1. The zero-order valence-electron chi connectivity index (χ0n) is 15.8. The van der Waals surface area contributed by atoms with E-state index in [1.165, 1.54) is 0 Å². The highest BCUT2D eigenvalue weighted by Crippen LogP contribution is 2.12. The molecule has 0 spiro atoms. The number of fused-ring (bicyclic) bond motifs is 1. The number of benzene rings is 2. The first-order chi connectivity index (χ1) is 13.0. The Morgan fingerprint density at radius 2 is 1.78 bits per heavy atom. The maximum Gasteiger partial charge on any atom is 0.258 e. The van der Waals surface area contributed by atoms with Crippen LogP contribution in [0.4, 0.5) is 0 Å². The molecule has 1 amide bonds. The normalized spacial score (nSPS) is 13.5. The van der Waals surface area contributed by atoms with Gasteiger partial charge in [-0.1, -0.05) is 42.5 Å². The van der Waals surface area contributed by atoms with Gasteiger partial charge in [-0.25, -0.2) is 4.98 Å². The average Bonchev–Trinajstić information content (AvgIpc) is 2.68. The summed E-state index contributed by atoms with van der Waals surface area (Å²) in [7, 11) is 1.84. The van der Waals surface area contributed by atoms with Crippen molar-refractivity contribution in [2.45, 2.75) is 32.5 Å². The summed E-state index contributed by atoms with van der Waals surface area (Å²) in [6.45, 7) is 4.17. The number of nitrogens with one attached hydrogen (secondary N) is 2. The highest BCUT2D eigenvalue weighted by atomic mass is 16.2. The van der Waals surface area contributed by atoms with E-state index in [4.69, 9.17) is 0 Å². The topological polar surface area (TPSA) is 78.1 Å². The molecule has 2 atom stereocenters. The van der Waals surface area contributed by atoms with Gasteiger partial charge in [-0.3, -0.25) is 14.5 Å². The zero-order chi connectivity index (χ0) is 19.4. The van der Waals surface area contributed by atoms with Gasteiger partial charge in [-0.15, -0.1) is 0 Å². The Kier molecular flexibility index (Phi) is 5.66. The van der Waals surface area contributed by atoms with Crippen molar-refractivity contribution in [3.63, 3.8) is 0 Å². The van der Waals surface area contributed by atoms with Gasteiger partial charge in [0.1, 0.15) is 5.82 Å². The molecule has 0 aliphatic carbocycles. The van der Waals surface area contributed by atoms with Crippen molar-refractivity contribution >= 4 is 16.8 Å². The maximum absolute atomic E-state index is 12.6. The fourth-order valence-corrected chi connectivity index (χ4v) is 2.94. The third-order valence-corrected chi connectivity index (χ3v) is 4.76. The number of hydrogen-bond donors (Lipinski definition) is 2. The Bertz CT molecular complexity index is 984. The van der Waals surface area contributed by atoms with E-state index in [1.54, 1.807) is 6.07 Å². The molecule has 140 valence electrons. The van der Waals surface area contributed by atoms with Crippen LogP contribution in [-0.4, -0.2) is 33.9 Å². The second kappa shape index (κ2) is 8.14. The number of hydrogen-bond acceptors (Lipinski definition) is 4. The van der Waals surface area contributed by atoms with Gasteiger partial charge in [0.05, 0.1) is 29.5 Å². The molecule has 1 aromatic heterocycles. The van der Waals surface area contributed by atoms with E-state index in [0.29, 0.717) is 23.3 Å². The summed E-state index contributed by atoms with van der Waals surface area (Å²) in [4.78, 5) is 33.9. The highest BCUT2D eigenvalue weighted by Gasteiger charge is 2.21. The lowest BCUT2D eigenvalue weighted by atomic mass is 10.1. The minimum atomic E-state index is -0.368. The third kappa shape index (κ3) is 4.41. The summed E-state index contributed by atoms with van der Waals surface area (Å²) in [6, 6.07) is 16.6. The van der Waals surface area contributed by atoms with E-state index in [-0.39, 0.29) is 23.6 Å². The van der Waals surface area contributed by atoms with Gasteiger partial charge in [0, 0.05) is 0 Å². The molecule has 6 nitrogen and oxygen atoms in total. The molecule has 3 aromatic rings. The zero-order valence-corrected chi connectivity index (χ0v) is 15.8. The molecule has 0 aliphatic heterocycles. The minimum Gasteiger partial charge on any atom is -0.348 e. The summed E-state index contributed by atoms with van der Waals surface area (Å²) < 4.78 is 0. The van der Waals surface area contributed by atoms with Crippen LogP contribution in [0.1, 0.15) is 31.3 Å². The molecular formula is C21H24N4O2. The van der Waals surface area contributed by atoms with Crippen molar-refractivity contribution in [2.75, 3.05) is 7.05 Å². The molecule has 3 rings (SSSR count). The number of aromatic amines is 1. The van der Waals surface area contributed by atoms with E-state index < -0.39 is 0 Å². The average molecular weight is 364 g/mol. The monoisotopic (exact) mass is 364 g/mol. The first-order valence-corrected chi connectivity index (χ1v) is 8.99. The Morgan fingerprint density at radius 1 is 1.11 bits per heavy atom. The molecule has 6 heteroatoms. The molecule has 0 radical (unpaired) electrons. The number of carbonyl (C=O) groups is 1. The van der Waals surface area contributed by atoms with E-state index in [1.807, 2.05) is 74.3 Å². The molecule has 0 aliphatic rings. The van der Waals surface area contributed by atoms with Gasteiger partial charge in [-0.05, 0) is 38.6 Å². The number of likely N-dealkylation sites (N-methyl/N-ethyl adjacent to an activating group) is 1. The number of para-hydroxylation sites is 1. The van der Waals surface area contributed by atoms with E-state index in [2.05, 4.69) is 15.3 Å². The van der Waals surface area contributed by atoms with Crippen LogP contribution < -0.4 is 10.9 Å². The summed E-state index contributed by atoms with van der Waals surface area (Å²) in [5.74, 6) is 0.467. The van der Waals surface area contributed by atoms with Crippen molar-refractivity contribution in [3.05, 3.63) is 76.3 Å². The summed E-state index contributed by atoms with van der Waals surface area (Å²) in [6.07, 6.45) is 0. The first-order valence-electron chi connectivity index (χ1n) is 8.99. The molecule has 0 fully saturated rings. The van der Waals surface area contributed by atoms with Crippen molar-refractivity contribution in [1.29, 1.82) is 0 Å². The van der Waals surface area contributed by atoms with Crippen LogP contribution in [0.2, 0.25) is 0 Å². The molecular weight excluding hydrogens is 340 g/mol. The third-order valence-electron chi connectivity index (χ3n) is 4.76. The second-order valence-electron chi connectivity index (χ2n) is 6.76. The molecule has 2 aromatic carbocycles. The van der Waals surface area contributed by atoms with Crippen LogP contribution >= 0.6 is 0 Å². The summed E-state index contributed by atoms with van der Waals surface area (Å²) in [5, 5.41) is 3.59. The predicted octanol–water partition coefficient (Wildman–Crippen LogP) is 2.62. The molecule has 0 saturated carbocycles. The van der Waals surface area contributed by atoms with Crippen molar-refractivity contribution < 1.29 is 4.79 Å². The lowest BCUT2D eigenvalue weighted by molar-refractivity contribution is -0.126. The molecule has 1 heterocycles. The Morgan fingerprint density at radius 3 is 2.52 bits per heavy atom. The van der Waals surface area contributed by atoms with Crippen LogP contribution in [0.25, 0.3) is 10.9 Å². The predicted molar refractivity (Wildman–Crippen MR) is 106 cm³/mol. The lowest BCUT2D eigenvalue weighted by Gasteiger charge is -2.25. The SMILES string of the molecule is C[C@H](NC(=O)[C@@H](C)N(C)Cc1nc2ccccc2c(=O)[nH]1)c1ccccc1. The standard InChI is InChI=1S/C21H24N4O2/c1-14(16-9-5-4-6-10-16)22-20(26)15(2)25(3)13-19-23-18-12-8-7-11-17(18)21(27)24-19/h4-12,14-15H,13H2,1-3H3,(H,22,26)(H,23,24,27)/t14-,15+/m0/s1. The van der Waals surface area contributed by atoms with Crippen molar-refractivity contribution in [1.82, 2.24) is 20.2 Å². The molecule has 0 saturated heterocycles. The number of aromatic nitrogens is 2.